The molecule has 27 heteroatoms. The van der Waals surface area contributed by atoms with Gasteiger partial charge in [-0.05, 0) is 68.8 Å². The molecule has 0 spiro atoms. The van der Waals surface area contributed by atoms with Crippen molar-refractivity contribution in [3.05, 3.63) is 48.5 Å². The number of carboxylic acid groups (broad SMARTS) is 2. The zero-order chi connectivity index (χ0) is 50.9. The van der Waals surface area contributed by atoms with Crippen molar-refractivity contribution in [1.82, 2.24) is 25.8 Å². The highest BCUT2D eigenvalue weighted by molar-refractivity contribution is 7.89. The number of piperazine rings is 1. The number of nitrogens with two attached hydrogens (primary N) is 2. The van der Waals surface area contributed by atoms with Crippen LogP contribution < -0.4 is 36.4 Å². The van der Waals surface area contributed by atoms with E-state index in [1.54, 1.807) is 27.7 Å². The van der Waals surface area contributed by atoms with Gasteiger partial charge in [-0.3, -0.25) is 48.2 Å². The van der Waals surface area contributed by atoms with Gasteiger partial charge in [0.2, 0.25) is 55.5 Å². The third-order valence-corrected chi connectivity index (χ3v) is 11.3. The third-order valence-electron chi connectivity index (χ3n) is 9.48. The van der Waals surface area contributed by atoms with Crippen LogP contribution in [0.15, 0.2) is 58.3 Å². The van der Waals surface area contributed by atoms with Gasteiger partial charge in [0.15, 0.2) is 0 Å². The van der Waals surface area contributed by atoms with E-state index < -0.39 is 90.9 Å². The number of imide groups is 1. The summed E-state index contributed by atoms with van der Waals surface area (Å²) in [5.41, 5.74) is -1.76. The van der Waals surface area contributed by atoms with Crippen LogP contribution >= 0.6 is 0 Å². The van der Waals surface area contributed by atoms with Crippen molar-refractivity contribution < 1.29 is 74.9 Å². The van der Waals surface area contributed by atoms with Crippen molar-refractivity contribution in [2.75, 3.05) is 69.2 Å². The number of aldehydes is 1. The molecule has 25 nitrogen and oxygen atoms in total. The molecule has 1 heterocycles. The van der Waals surface area contributed by atoms with Crippen molar-refractivity contribution in [1.29, 1.82) is 0 Å². The zero-order valence-corrected chi connectivity index (χ0v) is 39.1. The topological polar surface area (TPSA) is 381 Å². The fourth-order valence-corrected chi connectivity index (χ4v) is 6.93. The maximum atomic E-state index is 13.3. The largest absolute Gasteiger partial charge is 0.481 e. The van der Waals surface area contributed by atoms with E-state index in [4.69, 9.17) is 24.9 Å². The first-order valence-corrected chi connectivity index (χ1v) is 23.2. The smallest absolute Gasteiger partial charge is 0.305 e. The minimum atomic E-state index is -4.01. The summed E-state index contributed by atoms with van der Waals surface area (Å²) in [7, 11) is -8.00. The summed E-state index contributed by atoms with van der Waals surface area (Å²) in [5.74, 6) is -5.98. The van der Waals surface area contributed by atoms with Gasteiger partial charge in [-0.2, -0.15) is 0 Å². The fraction of sp³-hybridized carbons (Fsp3) is 0.475. The Morgan fingerprint density at radius 3 is 1.84 bits per heavy atom. The number of aliphatic carboxylic acids is 2. The molecule has 0 bridgehead atoms. The van der Waals surface area contributed by atoms with Gasteiger partial charge in [0.05, 0.1) is 60.2 Å². The van der Waals surface area contributed by atoms with Gasteiger partial charge in [0, 0.05) is 44.3 Å². The Morgan fingerprint density at radius 2 is 1.34 bits per heavy atom. The van der Waals surface area contributed by atoms with Crippen molar-refractivity contribution in [2.24, 2.45) is 15.7 Å². The highest BCUT2D eigenvalue weighted by Gasteiger charge is 2.35. The number of carboxylic acids is 2. The van der Waals surface area contributed by atoms with Crippen LogP contribution in [0.1, 0.15) is 47.5 Å². The van der Waals surface area contributed by atoms with E-state index >= 15 is 0 Å². The van der Waals surface area contributed by atoms with Gasteiger partial charge in [0.1, 0.15) is 12.3 Å². The molecule has 0 saturated carbocycles. The molecule has 1 aliphatic heterocycles. The quantitative estimate of drug-likeness (QED) is 0.0408. The predicted octanol–water partition coefficient (Wildman–Crippen LogP) is -2.21. The molecule has 10 N–H and O–H groups in total. The molecule has 6 amide bonds. The number of carbonyl (C=O) groups is 9. The second-order valence-electron chi connectivity index (χ2n) is 16.3. The Morgan fingerprint density at radius 1 is 0.836 bits per heavy atom. The summed E-state index contributed by atoms with van der Waals surface area (Å²) in [6, 6.07) is 8.54. The molecule has 370 valence electrons. The van der Waals surface area contributed by atoms with Crippen LogP contribution in [0.2, 0.25) is 0 Å². The van der Waals surface area contributed by atoms with Crippen LogP contribution in [0.4, 0.5) is 11.4 Å². The summed E-state index contributed by atoms with van der Waals surface area (Å²) >= 11 is 0. The van der Waals surface area contributed by atoms with E-state index in [1.165, 1.54) is 58.3 Å². The van der Waals surface area contributed by atoms with Crippen LogP contribution in [0.25, 0.3) is 0 Å². The lowest BCUT2D eigenvalue weighted by Crippen LogP contribution is -2.56. The van der Waals surface area contributed by atoms with Crippen LogP contribution in [0.3, 0.4) is 0 Å². The van der Waals surface area contributed by atoms with Crippen molar-refractivity contribution in [3.63, 3.8) is 0 Å². The SMILES string of the molecule is CC(=O)O.CC(C)(CNC(=O)CN(CCN1CC(=O)N(c2ccc(S(N)(=O)=O)cc2)C(=O)C1)CC(=O)Nc1ccc(S(N)(=O)=O)cc1)OCCC(C)(C)C(=O)N[C@@H](CC(=O)O)C(=O)NCC=O. The number of hydrogen-bond donors (Lipinski definition) is 8. The molecule has 0 unspecified atom stereocenters. The number of benzene rings is 2. The average molecular weight is 984 g/mol. The third kappa shape index (κ3) is 20.4. The second-order valence-corrected chi connectivity index (χ2v) is 19.4. The number of nitrogens with one attached hydrogen (secondary N) is 4. The monoisotopic (exact) mass is 983 g/mol. The van der Waals surface area contributed by atoms with Crippen LogP contribution in [0, 0.1) is 5.41 Å². The van der Waals surface area contributed by atoms with Gasteiger partial charge in [-0.15, -0.1) is 0 Å². The highest BCUT2D eigenvalue weighted by Crippen LogP contribution is 2.23. The molecule has 67 heavy (non-hydrogen) atoms. The van der Waals surface area contributed by atoms with E-state index in [-0.39, 0.29) is 86.6 Å². The molecule has 2 aromatic carbocycles. The average Bonchev–Trinajstić information content (AvgIpc) is 3.20. The number of amides is 6. The first-order chi connectivity index (χ1) is 30.9. The lowest BCUT2D eigenvalue weighted by molar-refractivity contribution is -0.142. The zero-order valence-electron chi connectivity index (χ0n) is 37.5. The van der Waals surface area contributed by atoms with Crippen molar-refractivity contribution >= 4 is 85.1 Å². The van der Waals surface area contributed by atoms with E-state index in [0.717, 1.165) is 11.8 Å². The molecule has 2 aromatic rings. The molecule has 1 aliphatic rings. The van der Waals surface area contributed by atoms with Crippen LogP contribution in [-0.2, 0) is 67.9 Å². The molecule has 1 atom stereocenters. The Bertz CT molecular complexity index is 2340. The van der Waals surface area contributed by atoms with E-state index in [9.17, 15) is 60.3 Å². The molecule has 3 rings (SSSR count). The van der Waals surface area contributed by atoms with Crippen molar-refractivity contribution in [3.8, 4) is 0 Å². The first kappa shape index (κ1) is 56.9. The molecule has 1 saturated heterocycles. The Labute approximate surface area is 387 Å². The Balaban J connectivity index is 0.00000369. The summed E-state index contributed by atoms with van der Waals surface area (Å²) in [5, 5.41) is 36.9. The molecule has 0 aromatic heterocycles. The summed E-state index contributed by atoms with van der Waals surface area (Å²) < 4.78 is 52.5. The van der Waals surface area contributed by atoms with Gasteiger partial charge < -0.3 is 41.0 Å². The number of primary sulfonamides is 2. The van der Waals surface area contributed by atoms with Crippen LogP contribution in [0.5, 0.6) is 0 Å². The number of rotatable bonds is 24. The minimum absolute atomic E-state index is 0.000331. The number of carbonyl (C=O) groups excluding carboxylic acids is 7. The van der Waals surface area contributed by atoms with Crippen LogP contribution in [-0.4, -0.2) is 161 Å². The summed E-state index contributed by atoms with van der Waals surface area (Å²) in [6.07, 6.45) is -0.186. The minimum Gasteiger partial charge on any atom is -0.481 e. The molecular formula is C40H57N9O16S2. The fourth-order valence-electron chi connectivity index (χ4n) is 5.90. The lowest BCUT2D eigenvalue weighted by Gasteiger charge is -2.34. The predicted molar refractivity (Wildman–Crippen MR) is 238 cm³/mol. The molecule has 1 fully saturated rings. The number of ether oxygens (including phenoxy) is 1. The Hall–Kier alpha value is -6.23. The standard InChI is InChI=1S/C38H53N9O14S2.C2H4O2/c1-37(2,36(56)44-29(19-34(53)54)35(55)41-14-17-48)13-18-61-38(3,4)24-42-30(49)20-45(21-31(50)43-25-5-9-27(10-6-25)62(39,57)58)15-16-46-22-32(51)47(33(52)23-46)26-7-11-28(12-8-26)63(40,59)60;1-2(3)4/h5-12,17,29H,13-16,18-24H2,1-4H3,(H,41,55)(H,42,49)(H,43,50)(H,44,56)(H,53,54)(H2,39,57,58)(H2,40,59,60);1H3,(H,3,4)/t29-;/m0./s1. The number of hydrogen-bond acceptors (Lipinski definition) is 16. The maximum absolute atomic E-state index is 13.3. The molecule has 0 radical (unpaired) electrons. The normalized spacial score (nSPS) is 14.0. The van der Waals surface area contributed by atoms with E-state index in [1.807, 2.05) is 0 Å². The van der Waals surface area contributed by atoms with Gasteiger partial charge in [-0.1, -0.05) is 13.8 Å². The molecule has 0 aliphatic carbocycles. The van der Waals surface area contributed by atoms with Gasteiger partial charge in [0.25, 0.3) is 5.97 Å². The van der Waals surface area contributed by atoms with Gasteiger partial charge in [-0.25, -0.2) is 32.0 Å². The second kappa shape index (κ2) is 25.1. The van der Waals surface area contributed by atoms with Crippen molar-refractivity contribution in [2.45, 2.75) is 68.9 Å². The highest BCUT2D eigenvalue weighted by atomic mass is 32.2. The van der Waals surface area contributed by atoms with Gasteiger partial charge >= 0.3 is 5.97 Å². The number of anilines is 2. The molecular weight excluding hydrogens is 927 g/mol. The lowest BCUT2D eigenvalue weighted by atomic mass is 9.88. The summed E-state index contributed by atoms with van der Waals surface area (Å²) in [4.78, 5) is 113. The first-order valence-electron chi connectivity index (χ1n) is 20.1. The maximum Gasteiger partial charge on any atom is 0.305 e. The Kier molecular flexibility index (Phi) is 21.3. The van der Waals surface area contributed by atoms with E-state index in [2.05, 4.69) is 21.3 Å². The van der Waals surface area contributed by atoms with E-state index in [0.29, 0.717) is 6.29 Å². The summed E-state index contributed by atoms with van der Waals surface area (Å²) in [6.45, 7) is 6.09. The number of nitrogens with zero attached hydrogens (tertiary/aromatic N) is 3. The number of sulfonamides is 2.